The zero-order valence-corrected chi connectivity index (χ0v) is 41.5. The molecule has 0 heterocycles. The number of carboxylic acid groups (broad SMARTS) is 2. The molecule has 0 radical (unpaired) electrons. The lowest BCUT2D eigenvalue weighted by Crippen LogP contribution is -2.46. The molecule has 69 heavy (non-hydrogen) atoms. The quantitative estimate of drug-likeness (QED) is 0.0381. The number of nitrogens with one attached hydrogen (secondary N) is 5. The Hall–Kier alpha value is -4.10. The Labute approximate surface area is 411 Å². The fourth-order valence-corrected chi connectivity index (χ4v) is 7.26. The summed E-state index contributed by atoms with van der Waals surface area (Å²) in [4.78, 5) is 106. The number of aliphatic carboxylic acids is 2. The molecule has 10 N–H and O–H groups in total. The zero-order valence-electron chi connectivity index (χ0n) is 40.7. The molecule has 0 saturated carbocycles. The first kappa shape index (κ1) is 64.9. The summed E-state index contributed by atoms with van der Waals surface area (Å²) < 4.78 is 21.4. The number of aliphatic hydroxyl groups is 1. The fraction of sp³-hybridized carbons (Fsp3) is 0.804. The van der Waals surface area contributed by atoms with Crippen LogP contribution in [0.1, 0.15) is 122 Å². The maximum Gasteiger partial charge on any atom is 0.326 e. The van der Waals surface area contributed by atoms with E-state index in [4.69, 9.17) is 34.9 Å². The van der Waals surface area contributed by atoms with E-state index >= 15 is 0 Å². The van der Waals surface area contributed by atoms with Crippen LogP contribution in [0.3, 0.4) is 0 Å². The van der Waals surface area contributed by atoms with Crippen molar-refractivity contribution in [2.24, 2.45) is 5.73 Å². The van der Waals surface area contributed by atoms with Crippen LogP contribution in [-0.4, -0.2) is 184 Å². The molecule has 0 rings (SSSR count). The molecule has 0 aromatic carbocycles. The van der Waals surface area contributed by atoms with Crippen LogP contribution >= 0.6 is 11.8 Å². The molecule has 0 aliphatic rings. The third kappa shape index (κ3) is 42.5. The van der Waals surface area contributed by atoms with E-state index in [1.54, 1.807) is 0 Å². The van der Waals surface area contributed by atoms with E-state index in [9.17, 15) is 48.3 Å². The van der Waals surface area contributed by atoms with E-state index in [1.165, 1.54) is 25.1 Å². The highest BCUT2D eigenvalue weighted by atomic mass is 32.2. The summed E-state index contributed by atoms with van der Waals surface area (Å²) >= 11 is 1.20. The zero-order chi connectivity index (χ0) is 51.3. The van der Waals surface area contributed by atoms with Gasteiger partial charge in [0.15, 0.2) is 11.6 Å². The van der Waals surface area contributed by atoms with Crippen LogP contribution in [0.2, 0.25) is 0 Å². The largest absolute Gasteiger partial charge is 0.481 e. The highest BCUT2D eigenvalue weighted by molar-refractivity contribution is 8.00. The molecular formula is C46H82N6O16S. The first-order valence-electron chi connectivity index (χ1n) is 24.2. The van der Waals surface area contributed by atoms with Crippen LogP contribution in [0, 0.1) is 0 Å². The molecule has 0 aromatic rings. The third-order valence-electron chi connectivity index (χ3n) is 10.3. The van der Waals surface area contributed by atoms with Gasteiger partial charge in [-0.3, -0.25) is 43.7 Å². The number of hydrogen-bond donors (Lipinski definition) is 9. The number of nitrogens with two attached hydrogens (primary N) is 1. The minimum atomic E-state index is -1.20. The number of carbonyl (C=O) groups excluding carboxylic acids is 7. The molecule has 23 heteroatoms. The molecule has 0 bridgehead atoms. The average molecular weight is 1010 g/mol. The minimum Gasteiger partial charge on any atom is -0.481 e. The monoisotopic (exact) mass is 1010 g/mol. The summed E-state index contributed by atoms with van der Waals surface area (Å²) in [7, 11) is 0. The molecular weight excluding hydrogens is 925 g/mol. The minimum absolute atomic E-state index is 0.0423. The summed E-state index contributed by atoms with van der Waals surface area (Å²) in [6.45, 7) is 2.26. The van der Waals surface area contributed by atoms with Crippen LogP contribution in [0.15, 0.2) is 0 Å². The van der Waals surface area contributed by atoms with Crippen LogP contribution in [0.25, 0.3) is 0 Å². The molecule has 398 valence electrons. The van der Waals surface area contributed by atoms with E-state index in [0.29, 0.717) is 19.4 Å². The second kappa shape index (κ2) is 45.1. The van der Waals surface area contributed by atoms with Gasteiger partial charge in [-0.15, -0.1) is 11.8 Å². The Morgan fingerprint density at radius 1 is 0.551 bits per heavy atom. The third-order valence-corrected chi connectivity index (χ3v) is 11.3. The Morgan fingerprint density at radius 2 is 1.09 bits per heavy atom. The highest BCUT2D eigenvalue weighted by Gasteiger charge is 2.21. The lowest BCUT2D eigenvalue weighted by molar-refractivity contribution is -0.142. The van der Waals surface area contributed by atoms with E-state index in [2.05, 4.69) is 26.6 Å². The second-order valence-corrected chi connectivity index (χ2v) is 17.5. The Kier molecular flexibility index (Phi) is 42.4. The van der Waals surface area contributed by atoms with Gasteiger partial charge in [-0.1, -0.05) is 64.2 Å². The maximum atomic E-state index is 12.3. The highest BCUT2D eigenvalue weighted by Crippen LogP contribution is 2.13. The van der Waals surface area contributed by atoms with Crippen molar-refractivity contribution in [3.05, 3.63) is 0 Å². The molecule has 0 spiro atoms. The molecule has 0 aliphatic carbocycles. The van der Waals surface area contributed by atoms with Crippen LogP contribution in [-0.2, 0) is 62.1 Å². The van der Waals surface area contributed by atoms with Crippen molar-refractivity contribution in [3.63, 3.8) is 0 Å². The number of carbonyl (C=O) groups is 9. The summed E-state index contributed by atoms with van der Waals surface area (Å²) in [5.41, 5.74) is 5.46. The van der Waals surface area contributed by atoms with Crippen LogP contribution < -0.4 is 32.3 Å². The molecule has 0 aliphatic heterocycles. The number of amides is 4. The molecule has 4 amide bonds. The number of thioether (sulfide) groups is 1. The molecule has 0 aromatic heterocycles. The predicted molar refractivity (Wildman–Crippen MR) is 257 cm³/mol. The van der Waals surface area contributed by atoms with Gasteiger partial charge in [0.1, 0.15) is 25.0 Å². The lowest BCUT2D eigenvalue weighted by Gasteiger charge is -2.16. The smallest absolute Gasteiger partial charge is 0.326 e. The van der Waals surface area contributed by atoms with Gasteiger partial charge < -0.3 is 61.3 Å². The number of carboxylic acids is 2. The SMILES string of the molecule is CC(=O)[C@H](CSCC(=O)NCCNC(=O)COCCOCCCC(=O)COCCOCCNC(=O)CC[C@H](NC(=O)CCCCCCCCCCCCCCC(=O)O)C(=O)O)NCC(=O)[C@@H](N)CO. The molecule has 0 fully saturated rings. The van der Waals surface area contributed by atoms with Gasteiger partial charge >= 0.3 is 11.9 Å². The number of aliphatic hydroxyl groups excluding tert-OH is 1. The molecule has 0 unspecified atom stereocenters. The lowest BCUT2D eigenvalue weighted by atomic mass is 10.0. The number of unbranched alkanes of at least 4 members (excludes halogenated alkanes) is 11. The van der Waals surface area contributed by atoms with Crippen molar-refractivity contribution >= 4 is 64.7 Å². The predicted octanol–water partition coefficient (Wildman–Crippen LogP) is 0.815. The summed E-state index contributed by atoms with van der Waals surface area (Å²) in [6.07, 6.45) is 13.3. The Morgan fingerprint density at radius 3 is 1.67 bits per heavy atom. The number of ketones is 3. The van der Waals surface area contributed by atoms with Crippen molar-refractivity contribution in [2.75, 3.05) is 97.1 Å². The van der Waals surface area contributed by atoms with E-state index in [1.807, 2.05) is 0 Å². The van der Waals surface area contributed by atoms with Gasteiger partial charge in [0.2, 0.25) is 23.6 Å². The van der Waals surface area contributed by atoms with Crippen LogP contribution in [0.4, 0.5) is 0 Å². The Balaban J connectivity index is 3.73. The van der Waals surface area contributed by atoms with Gasteiger partial charge in [-0.25, -0.2) is 4.79 Å². The van der Waals surface area contributed by atoms with E-state index in [-0.39, 0.29) is 151 Å². The molecule has 22 nitrogen and oxygen atoms in total. The summed E-state index contributed by atoms with van der Waals surface area (Å²) in [5.74, 6) is -3.73. The van der Waals surface area contributed by atoms with Crippen molar-refractivity contribution in [1.82, 2.24) is 26.6 Å². The van der Waals surface area contributed by atoms with Crippen molar-refractivity contribution < 1.29 is 77.4 Å². The number of rotatable bonds is 50. The summed E-state index contributed by atoms with van der Waals surface area (Å²) in [5, 5.41) is 40.3. The van der Waals surface area contributed by atoms with Crippen LogP contribution in [0.5, 0.6) is 0 Å². The standard InChI is InChI=1S/C46H82N6O16S/c1-35(54)39(51-29-40(56)37(47)30-53)33-69-34-44(60)49-21-20-48-43(59)32-68-28-25-65-23-14-15-36(55)31-67-27-26-66-24-22-50-41(57)19-18-38(46(63)64)52-42(58)16-12-10-8-6-4-2-3-5-7-9-11-13-17-45(61)62/h37-39,51,53H,2-34,47H2,1H3,(H,48,59)(H,49,60)(H,50,57)(H,52,58)(H,61,62)(H,63,64)/t37-,38-,39-/m0/s1. The van der Waals surface area contributed by atoms with Gasteiger partial charge in [-0.2, -0.15) is 0 Å². The first-order chi connectivity index (χ1) is 33.2. The van der Waals surface area contributed by atoms with Gasteiger partial charge in [-0.05, 0) is 32.6 Å². The van der Waals surface area contributed by atoms with Gasteiger partial charge in [0.05, 0.1) is 64.0 Å². The second-order valence-electron chi connectivity index (χ2n) is 16.5. The van der Waals surface area contributed by atoms with Gasteiger partial charge in [0.25, 0.3) is 0 Å². The number of Topliss-reactive ketones (excluding diaryl/α,β-unsaturated/α-hetero) is 3. The van der Waals surface area contributed by atoms with Crippen molar-refractivity contribution in [3.8, 4) is 0 Å². The first-order valence-corrected chi connectivity index (χ1v) is 25.4. The Bertz CT molecular complexity index is 1480. The average Bonchev–Trinajstić information content (AvgIpc) is 3.31. The summed E-state index contributed by atoms with van der Waals surface area (Å²) in [6, 6.07) is -2.83. The number of ether oxygens (including phenoxy) is 4. The molecule has 3 atom stereocenters. The van der Waals surface area contributed by atoms with E-state index in [0.717, 1.165) is 64.2 Å². The maximum absolute atomic E-state index is 12.3. The van der Waals surface area contributed by atoms with E-state index < -0.39 is 42.5 Å². The van der Waals surface area contributed by atoms with Crippen molar-refractivity contribution in [2.45, 2.75) is 141 Å². The number of hydrogen-bond acceptors (Lipinski definition) is 17. The normalized spacial score (nSPS) is 12.4. The molecule has 0 saturated heterocycles. The van der Waals surface area contributed by atoms with Crippen molar-refractivity contribution in [1.29, 1.82) is 0 Å². The topological polar surface area (TPSA) is 337 Å². The van der Waals surface area contributed by atoms with Gasteiger partial charge in [0, 0.05) is 57.7 Å². The fourth-order valence-electron chi connectivity index (χ4n) is 6.27.